The van der Waals surface area contributed by atoms with E-state index < -0.39 is 0 Å². The lowest BCUT2D eigenvalue weighted by atomic mass is 10.1. The van der Waals surface area contributed by atoms with Crippen molar-refractivity contribution >= 4 is 23.2 Å². The summed E-state index contributed by atoms with van der Waals surface area (Å²) in [4.78, 5) is 27.5. The molecule has 0 saturated heterocycles. The minimum absolute atomic E-state index is 0.166. The lowest BCUT2D eigenvalue weighted by molar-refractivity contribution is -0.117. The Bertz CT molecular complexity index is 1190. The van der Waals surface area contributed by atoms with Crippen molar-refractivity contribution in [3.63, 3.8) is 0 Å². The van der Waals surface area contributed by atoms with Crippen LogP contribution in [0.5, 0.6) is 11.5 Å². The number of benzene rings is 3. The highest BCUT2D eigenvalue weighted by Crippen LogP contribution is 2.34. The number of nitrogens with one attached hydrogen (secondary N) is 2. The molecule has 3 aromatic rings. The van der Waals surface area contributed by atoms with Crippen LogP contribution in [0.2, 0.25) is 0 Å². The summed E-state index contributed by atoms with van der Waals surface area (Å²) in [6.07, 6.45) is 0. The predicted octanol–water partition coefficient (Wildman–Crippen LogP) is 4.35. The van der Waals surface area contributed by atoms with E-state index in [1.165, 1.54) is 16.7 Å². The molecular formula is C26H27N3O4. The number of hydrogen-bond donors (Lipinski definition) is 2. The second-order valence-corrected chi connectivity index (χ2v) is 8.22. The summed E-state index contributed by atoms with van der Waals surface area (Å²) in [5.74, 6) is 0.714. The summed E-state index contributed by atoms with van der Waals surface area (Å²) in [7, 11) is 1.90. The van der Waals surface area contributed by atoms with Crippen LogP contribution >= 0.6 is 0 Å². The van der Waals surface area contributed by atoms with Gasteiger partial charge in [-0.3, -0.25) is 14.5 Å². The molecule has 3 aromatic carbocycles. The zero-order chi connectivity index (χ0) is 23.4. The molecule has 170 valence electrons. The quantitative estimate of drug-likeness (QED) is 0.565. The summed E-state index contributed by atoms with van der Waals surface area (Å²) >= 11 is 0. The molecule has 1 aliphatic heterocycles. The number of nitrogens with zero attached hydrogens (tertiary/aromatic N) is 1. The number of carbonyl (C=O) groups is 2. The van der Waals surface area contributed by atoms with Crippen LogP contribution in [0.25, 0.3) is 0 Å². The molecule has 1 heterocycles. The topological polar surface area (TPSA) is 79.9 Å². The van der Waals surface area contributed by atoms with Gasteiger partial charge in [-0.1, -0.05) is 35.9 Å². The molecule has 0 saturated carbocycles. The molecular weight excluding hydrogens is 418 g/mol. The largest absolute Gasteiger partial charge is 0.454 e. The van der Waals surface area contributed by atoms with Crippen molar-refractivity contribution in [1.82, 2.24) is 4.90 Å². The maximum Gasteiger partial charge on any atom is 0.257 e. The highest BCUT2D eigenvalue weighted by Gasteiger charge is 2.17. The maximum absolute atomic E-state index is 12.9. The molecule has 2 N–H and O–H groups in total. The molecule has 0 radical (unpaired) electrons. The summed E-state index contributed by atoms with van der Waals surface area (Å²) in [5, 5.41) is 5.72. The standard InChI is InChI=1S/C26H27N3O4/c1-17-8-9-19(18(2)12-17)14-29(3)15-25(30)28-22-7-5-4-6-21(22)26(31)27-20-10-11-23-24(13-20)33-16-32-23/h4-13H,14-16H2,1-3H3,(H,27,31)(H,28,30). The van der Waals surface area contributed by atoms with Crippen LogP contribution in [0.15, 0.2) is 60.7 Å². The van der Waals surface area contributed by atoms with Gasteiger partial charge >= 0.3 is 0 Å². The molecule has 0 spiro atoms. The molecule has 2 amide bonds. The van der Waals surface area contributed by atoms with E-state index in [0.29, 0.717) is 35.0 Å². The van der Waals surface area contributed by atoms with E-state index in [1.807, 2.05) is 11.9 Å². The second kappa shape index (κ2) is 9.75. The number of likely N-dealkylation sites (N-methyl/N-ethyl adjacent to an activating group) is 1. The Morgan fingerprint density at radius 1 is 0.939 bits per heavy atom. The van der Waals surface area contributed by atoms with Crippen LogP contribution < -0.4 is 20.1 Å². The van der Waals surface area contributed by atoms with Crippen molar-refractivity contribution in [3.8, 4) is 11.5 Å². The van der Waals surface area contributed by atoms with Gasteiger partial charge < -0.3 is 20.1 Å². The first-order chi connectivity index (χ1) is 15.9. The summed E-state index contributed by atoms with van der Waals surface area (Å²) in [6.45, 7) is 5.16. The van der Waals surface area contributed by atoms with Crippen LogP contribution in [0.4, 0.5) is 11.4 Å². The molecule has 1 aliphatic rings. The summed E-state index contributed by atoms with van der Waals surface area (Å²) in [5.41, 5.74) is 5.01. The molecule has 33 heavy (non-hydrogen) atoms. The molecule has 0 aliphatic carbocycles. The molecule has 0 aromatic heterocycles. The second-order valence-electron chi connectivity index (χ2n) is 8.22. The number of anilines is 2. The fourth-order valence-corrected chi connectivity index (χ4v) is 3.77. The Morgan fingerprint density at radius 2 is 1.73 bits per heavy atom. The average molecular weight is 446 g/mol. The van der Waals surface area contributed by atoms with Crippen LogP contribution in [-0.2, 0) is 11.3 Å². The third-order valence-corrected chi connectivity index (χ3v) is 5.43. The van der Waals surface area contributed by atoms with Gasteiger partial charge in [-0.25, -0.2) is 0 Å². The molecule has 0 fully saturated rings. The number of amides is 2. The van der Waals surface area contributed by atoms with Crippen molar-refractivity contribution < 1.29 is 19.1 Å². The summed E-state index contributed by atoms with van der Waals surface area (Å²) < 4.78 is 10.7. The number of hydrogen-bond acceptors (Lipinski definition) is 5. The van der Waals surface area contributed by atoms with E-state index in [0.717, 1.165) is 0 Å². The van der Waals surface area contributed by atoms with Crippen molar-refractivity contribution in [1.29, 1.82) is 0 Å². The van der Waals surface area contributed by atoms with Gasteiger partial charge in [0.1, 0.15) is 0 Å². The molecule has 4 rings (SSSR count). The number of carbonyl (C=O) groups excluding carboxylic acids is 2. The van der Waals surface area contributed by atoms with Crippen molar-refractivity contribution in [2.75, 3.05) is 31.0 Å². The average Bonchev–Trinajstić information content (AvgIpc) is 3.24. The Hall–Kier alpha value is -3.84. The lowest BCUT2D eigenvalue weighted by Gasteiger charge is -2.18. The smallest absolute Gasteiger partial charge is 0.257 e. The van der Waals surface area contributed by atoms with Gasteiger partial charge in [0.25, 0.3) is 5.91 Å². The third-order valence-electron chi connectivity index (χ3n) is 5.43. The van der Waals surface area contributed by atoms with Gasteiger partial charge in [0.05, 0.1) is 17.8 Å². The van der Waals surface area contributed by atoms with Crippen LogP contribution in [0.1, 0.15) is 27.0 Å². The third kappa shape index (κ3) is 5.51. The highest BCUT2D eigenvalue weighted by atomic mass is 16.7. The first-order valence-corrected chi connectivity index (χ1v) is 10.7. The molecule has 0 unspecified atom stereocenters. The van der Waals surface area contributed by atoms with Crippen molar-refractivity contribution in [2.45, 2.75) is 20.4 Å². The Kier molecular flexibility index (Phi) is 6.60. The Morgan fingerprint density at radius 3 is 2.55 bits per heavy atom. The molecule has 0 atom stereocenters. The van der Waals surface area contributed by atoms with Gasteiger partial charge in [0, 0.05) is 18.3 Å². The fourth-order valence-electron chi connectivity index (χ4n) is 3.77. The molecule has 0 bridgehead atoms. The Balaban J connectivity index is 1.39. The fraction of sp³-hybridized carbons (Fsp3) is 0.231. The number of ether oxygens (including phenoxy) is 2. The number of fused-ring (bicyclic) bond motifs is 1. The number of aryl methyl sites for hydroxylation is 2. The van der Waals surface area contributed by atoms with E-state index in [4.69, 9.17) is 9.47 Å². The highest BCUT2D eigenvalue weighted by molar-refractivity contribution is 6.10. The maximum atomic E-state index is 12.9. The first kappa shape index (κ1) is 22.4. The van der Waals surface area contributed by atoms with E-state index in [-0.39, 0.29) is 25.2 Å². The first-order valence-electron chi connectivity index (χ1n) is 10.7. The van der Waals surface area contributed by atoms with Gasteiger partial charge in [-0.2, -0.15) is 0 Å². The minimum atomic E-state index is -0.326. The van der Waals surface area contributed by atoms with Gasteiger partial charge in [0.2, 0.25) is 12.7 Å². The van der Waals surface area contributed by atoms with Crippen molar-refractivity contribution in [3.05, 3.63) is 82.9 Å². The molecule has 7 nitrogen and oxygen atoms in total. The Labute approximate surface area is 193 Å². The van der Waals surface area contributed by atoms with Gasteiger partial charge in [-0.15, -0.1) is 0 Å². The van der Waals surface area contributed by atoms with Gasteiger partial charge in [0.15, 0.2) is 11.5 Å². The van der Waals surface area contributed by atoms with Crippen LogP contribution in [0.3, 0.4) is 0 Å². The predicted molar refractivity (Wildman–Crippen MR) is 128 cm³/mol. The summed E-state index contributed by atoms with van der Waals surface area (Å²) in [6, 6.07) is 18.4. The van der Waals surface area contributed by atoms with Crippen LogP contribution in [-0.4, -0.2) is 37.1 Å². The zero-order valence-corrected chi connectivity index (χ0v) is 19.0. The van der Waals surface area contributed by atoms with Gasteiger partial charge in [-0.05, 0) is 56.3 Å². The number of para-hydroxylation sites is 1. The van der Waals surface area contributed by atoms with E-state index in [9.17, 15) is 9.59 Å². The SMILES string of the molecule is Cc1ccc(CN(C)CC(=O)Nc2ccccc2C(=O)Nc2ccc3c(c2)OCO3)c(C)c1. The van der Waals surface area contributed by atoms with E-state index >= 15 is 0 Å². The number of rotatable bonds is 7. The zero-order valence-electron chi connectivity index (χ0n) is 19.0. The van der Waals surface area contributed by atoms with Crippen molar-refractivity contribution in [2.24, 2.45) is 0 Å². The minimum Gasteiger partial charge on any atom is -0.454 e. The normalized spacial score (nSPS) is 12.0. The van der Waals surface area contributed by atoms with E-state index in [1.54, 1.807) is 42.5 Å². The monoisotopic (exact) mass is 445 g/mol. The lowest BCUT2D eigenvalue weighted by Crippen LogP contribution is -2.30. The molecule has 7 heteroatoms. The van der Waals surface area contributed by atoms with E-state index in [2.05, 4.69) is 42.7 Å². The van der Waals surface area contributed by atoms with Crippen LogP contribution in [0, 0.1) is 13.8 Å².